The highest BCUT2D eigenvalue weighted by atomic mass is 32.2. The predicted molar refractivity (Wildman–Crippen MR) is 124 cm³/mol. The fraction of sp³-hybridized carbons (Fsp3) is 0.458. The molecule has 2 aliphatic heterocycles. The molecule has 1 amide bonds. The first kappa shape index (κ1) is 30.0. The van der Waals surface area contributed by atoms with Crippen molar-refractivity contribution >= 4 is 21.6 Å². The Morgan fingerprint density at radius 1 is 0.925 bits per heavy atom. The highest BCUT2D eigenvalue weighted by molar-refractivity contribution is 7.92. The molecule has 0 unspecified atom stereocenters. The first-order valence-corrected chi connectivity index (χ1v) is 13.2. The summed E-state index contributed by atoms with van der Waals surface area (Å²) in [5.74, 6) is -1.44. The Balaban J connectivity index is 1.80. The third kappa shape index (κ3) is 5.12. The number of likely N-dealkylation sites (tertiary alicyclic amines) is 1. The Bertz CT molecular complexity index is 1360. The lowest BCUT2D eigenvalue weighted by Crippen LogP contribution is -2.54. The van der Waals surface area contributed by atoms with Gasteiger partial charge in [0.15, 0.2) is 0 Å². The average Bonchev–Trinajstić information content (AvgIpc) is 3.20. The number of benzene rings is 2. The molecule has 0 saturated carbocycles. The van der Waals surface area contributed by atoms with Crippen molar-refractivity contribution in [3.63, 3.8) is 0 Å². The van der Waals surface area contributed by atoms with Gasteiger partial charge in [0.2, 0.25) is 5.91 Å². The van der Waals surface area contributed by atoms with Crippen LogP contribution in [0.25, 0.3) is 0 Å². The quantitative estimate of drug-likeness (QED) is 0.455. The number of fused-ring (bicyclic) bond motifs is 1. The van der Waals surface area contributed by atoms with Gasteiger partial charge in [-0.2, -0.15) is 26.3 Å². The molecule has 2 aliphatic rings. The zero-order valence-electron chi connectivity index (χ0n) is 20.3. The Labute approximate surface area is 223 Å². The Kier molecular flexibility index (Phi) is 7.62. The largest absolute Gasteiger partial charge is 0.430 e. The minimum atomic E-state index is -6.16. The molecule has 8 nitrogen and oxygen atoms in total. The molecule has 0 aromatic heterocycles. The van der Waals surface area contributed by atoms with E-state index < -0.39 is 74.8 Å². The van der Waals surface area contributed by atoms with E-state index in [9.17, 15) is 59.3 Å². The van der Waals surface area contributed by atoms with Crippen LogP contribution in [0.2, 0.25) is 0 Å². The van der Waals surface area contributed by atoms with E-state index >= 15 is 0 Å². The summed E-state index contributed by atoms with van der Waals surface area (Å²) >= 11 is 0. The molecule has 40 heavy (non-hydrogen) atoms. The van der Waals surface area contributed by atoms with Gasteiger partial charge in [0, 0.05) is 25.1 Å². The van der Waals surface area contributed by atoms with E-state index in [2.05, 4.69) is 0 Å². The number of anilines is 1. The third-order valence-electron chi connectivity index (χ3n) is 7.03. The normalized spacial score (nSPS) is 22.4. The lowest BCUT2D eigenvalue weighted by Gasteiger charge is -2.39. The van der Waals surface area contributed by atoms with Gasteiger partial charge in [0.25, 0.3) is 15.6 Å². The number of hydrogen-bond donors (Lipinski definition) is 3. The molecule has 3 N–H and O–H groups in total. The van der Waals surface area contributed by atoms with Crippen molar-refractivity contribution in [2.24, 2.45) is 0 Å². The Hall–Kier alpha value is -2.95. The molecule has 16 heteroatoms. The summed E-state index contributed by atoms with van der Waals surface area (Å²) in [6, 6.07) is 3.73. The molecule has 2 aromatic rings. The Morgan fingerprint density at radius 2 is 1.48 bits per heavy atom. The topological polar surface area (TPSA) is 118 Å². The maximum atomic E-state index is 13.7. The van der Waals surface area contributed by atoms with Gasteiger partial charge in [-0.15, -0.1) is 0 Å². The standard InChI is InChI=1S/C24H23F7N2O6S/c25-15-3-6-17(7-4-15)40(38,39)33-16(10-21(36)32-11-19(34)20(35)12-32)5-1-13-9-14(2-8-18(13)33)22(37,23(26,27)28)24(29,30)31/h2-4,6-9,16,19-20,34-35,37H,1,5,10-12H2/t16-,19+,20+/m0/s1. The lowest BCUT2D eigenvalue weighted by atomic mass is 9.87. The van der Waals surface area contributed by atoms with E-state index in [0.717, 1.165) is 29.2 Å². The minimum absolute atomic E-state index is 0.224. The second-order valence-corrected chi connectivity index (χ2v) is 11.4. The van der Waals surface area contributed by atoms with Crippen molar-refractivity contribution in [1.82, 2.24) is 4.90 Å². The number of hydrogen-bond acceptors (Lipinski definition) is 6. The maximum Gasteiger partial charge on any atom is 0.430 e. The average molecular weight is 601 g/mol. The Morgan fingerprint density at radius 3 is 2.00 bits per heavy atom. The molecule has 4 rings (SSSR count). The number of rotatable bonds is 5. The number of aliphatic hydroxyl groups is 3. The highest BCUT2D eigenvalue weighted by Crippen LogP contribution is 2.51. The first-order chi connectivity index (χ1) is 18.4. The SMILES string of the molecule is O=C(C[C@@H]1CCc2cc(C(O)(C(F)(F)F)C(F)(F)F)ccc2N1S(=O)(=O)c1ccc(F)cc1)N1C[C@@H](O)[C@H](O)C1. The first-order valence-electron chi connectivity index (χ1n) is 11.8. The van der Waals surface area contributed by atoms with Gasteiger partial charge >= 0.3 is 12.4 Å². The number of aliphatic hydroxyl groups excluding tert-OH is 2. The van der Waals surface area contributed by atoms with E-state index in [0.29, 0.717) is 22.5 Å². The maximum absolute atomic E-state index is 13.7. The number of carbonyl (C=O) groups excluding carboxylic acids is 1. The van der Waals surface area contributed by atoms with Crippen molar-refractivity contribution in [1.29, 1.82) is 0 Å². The molecule has 2 heterocycles. The van der Waals surface area contributed by atoms with Crippen LogP contribution in [-0.4, -0.2) is 78.2 Å². The summed E-state index contributed by atoms with van der Waals surface area (Å²) in [5, 5.41) is 29.3. The molecule has 0 radical (unpaired) electrons. The summed E-state index contributed by atoms with van der Waals surface area (Å²) in [6.07, 6.45) is -15.8. The van der Waals surface area contributed by atoms with Gasteiger partial charge < -0.3 is 20.2 Å². The van der Waals surface area contributed by atoms with Gasteiger partial charge in [-0.3, -0.25) is 9.10 Å². The van der Waals surface area contributed by atoms with Crippen LogP contribution in [0, 0.1) is 5.82 Å². The van der Waals surface area contributed by atoms with Gasteiger partial charge in [0.1, 0.15) is 5.82 Å². The van der Waals surface area contributed by atoms with Gasteiger partial charge in [-0.1, -0.05) is 12.1 Å². The van der Waals surface area contributed by atoms with Crippen molar-refractivity contribution < 1.29 is 59.3 Å². The van der Waals surface area contributed by atoms with Crippen molar-refractivity contribution in [3.8, 4) is 0 Å². The van der Waals surface area contributed by atoms with Crippen LogP contribution >= 0.6 is 0 Å². The predicted octanol–water partition coefficient (Wildman–Crippen LogP) is 2.60. The van der Waals surface area contributed by atoms with E-state index in [1.807, 2.05) is 0 Å². The highest BCUT2D eigenvalue weighted by Gasteiger charge is 2.71. The number of alkyl halides is 6. The third-order valence-corrected chi connectivity index (χ3v) is 8.91. The number of sulfonamides is 1. The summed E-state index contributed by atoms with van der Waals surface area (Å²) in [6.45, 7) is -0.463. The summed E-state index contributed by atoms with van der Waals surface area (Å²) in [7, 11) is -4.65. The molecule has 0 aliphatic carbocycles. The summed E-state index contributed by atoms with van der Waals surface area (Å²) in [4.78, 5) is 13.6. The number of β-amino-alcohol motifs (C(OH)–C–C–N with tert-alkyl or cyclic N) is 2. The number of aryl methyl sites for hydroxylation is 1. The van der Waals surface area contributed by atoms with Crippen LogP contribution in [0.1, 0.15) is 24.0 Å². The minimum Gasteiger partial charge on any atom is -0.388 e. The second-order valence-electron chi connectivity index (χ2n) is 9.63. The van der Waals surface area contributed by atoms with Gasteiger partial charge in [-0.05, 0) is 48.7 Å². The molecule has 0 spiro atoms. The lowest BCUT2D eigenvalue weighted by molar-refractivity contribution is -0.376. The van der Waals surface area contributed by atoms with Crippen molar-refractivity contribution in [3.05, 3.63) is 59.4 Å². The van der Waals surface area contributed by atoms with Crippen LogP contribution in [0.3, 0.4) is 0 Å². The van der Waals surface area contributed by atoms with Crippen molar-refractivity contribution in [2.75, 3.05) is 17.4 Å². The molecule has 1 fully saturated rings. The van der Waals surface area contributed by atoms with Crippen LogP contribution in [-0.2, 0) is 26.8 Å². The molecule has 2 aromatic carbocycles. The van der Waals surface area contributed by atoms with Crippen LogP contribution in [0.5, 0.6) is 0 Å². The number of nitrogens with zero attached hydrogens (tertiary/aromatic N) is 2. The molecule has 0 bridgehead atoms. The fourth-order valence-electron chi connectivity index (χ4n) is 4.88. The molecular formula is C24H23F7N2O6S. The fourth-order valence-corrected chi connectivity index (χ4v) is 6.60. The van der Waals surface area contributed by atoms with Crippen LogP contribution in [0.4, 0.5) is 36.4 Å². The summed E-state index contributed by atoms with van der Waals surface area (Å²) in [5.41, 5.74) is -7.41. The van der Waals surface area contributed by atoms with Crippen molar-refractivity contribution in [2.45, 2.75) is 60.4 Å². The number of carbonyl (C=O) groups is 1. The van der Waals surface area contributed by atoms with Gasteiger partial charge in [-0.25, -0.2) is 12.8 Å². The molecule has 1 saturated heterocycles. The van der Waals surface area contributed by atoms with Gasteiger partial charge in [0.05, 0.1) is 28.8 Å². The smallest absolute Gasteiger partial charge is 0.388 e. The van der Waals surface area contributed by atoms with E-state index in [1.165, 1.54) is 0 Å². The van der Waals surface area contributed by atoms with E-state index in [-0.39, 0.29) is 37.2 Å². The summed E-state index contributed by atoms with van der Waals surface area (Å²) < 4.78 is 122. The zero-order valence-corrected chi connectivity index (χ0v) is 21.1. The molecule has 220 valence electrons. The monoisotopic (exact) mass is 600 g/mol. The van der Waals surface area contributed by atoms with Crippen LogP contribution in [0.15, 0.2) is 47.4 Å². The zero-order chi connectivity index (χ0) is 29.8. The van der Waals surface area contributed by atoms with E-state index in [1.54, 1.807) is 0 Å². The molecule has 3 atom stereocenters. The van der Waals surface area contributed by atoms with E-state index in [4.69, 9.17) is 0 Å². The number of halogens is 7. The second kappa shape index (κ2) is 10.2. The van der Waals surface area contributed by atoms with Crippen LogP contribution < -0.4 is 4.31 Å². The molecular weight excluding hydrogens is 577 g/mol. The number of amides is 1.